The molecule has 0 radical (unpaired) electrons. The molecule has 178 valence electrons. The van der Waals surface area contributed by atoms with E-state index in [1.807, 2.05) is 27.7 Å². The van der Waals surface area contributed by atoms with E-state index in [1.54, 1.807) is 0 Å². The molecule has 0 amide bonds. The van der Waals surface area contributed by atoms with Crippen LogP contribution in [0.3, 0.4) is 0 Å². The van der Waals surface area contributed by atoms with Gasteiger partial charge in [0.1, 0.15) is 11.2 Å². The lowest BCUT2D eigenvalue weighted by Crippen LogP contribution is -2.33. The second kappa shape index (κ2) is 10.9. The summed E-state index contributed by atoms with van der Waals surface area (Å²) in [5, 5.41) is 0. The molecule has 0 saturated carbocycles. The van der Waals surface area contributed by atoms with Gasteiger partial charge in [0.2, 0.25) is 0 Å². The van der Waals surface area contributed by atoms with Crippen molar-refractivity contribution in [3.63, 3.8) is 0 Å². The highest BCUT2D eigenvalue weighted by Crippen LogP contribution is 2.26. The van der Waals surface area contributed by atoms with Crippen molar-refractivity contribution in [2.45, 2.75) is 51.7 Å². The van der Waals surface area contributed by atoms with Crippen LogP contribution in [0.4, 0.5) is 0 Å². The van der Waals surface area contributed by atoms with Crippen LogP contribution in [-0.4, -0.2) is 69.5 Å². The van der Waals surface area contributed by atoms with Gasteiger partial charge >= 0.3 is 36.1 Å². The third-order valence-corrected chi connectivity index (χ3v) is 3.89. The lowest BCUT2D eigenvalue weighted by molar-refractivity contribution is -0.306. The summed E-state index contributed by atoms with van der Waals surface area (Å²) in [6, 6.07) is -0.0622. The molecule has 0 aliphatic carbocycles. The molecular weight excluding hydrogens is 428 g/mol. The van der Waals surface area contributed by atoms with Gasteiger partial charge < -0.3 is 18.9 Å². The highest BCUT2D eigenvalue weighted by atomic mass is 17.2. The van der Waals surface area contributed by atoms with Gasteiger partial charge in [-0.05, 0) is 40.5 Å². The van der Waals surface area contributed by atoms with Gasteiger partial charge in [-0.1, -0.05) is 0 Å². The van der Waals surface area contributed by atoms with Crippen LogP contribution in [0.15, 0.2) is 0 Å². The highest BCUT2D eigenvalue weighted by molar-refractivity contribution is 5.08. The number of hydrogen-bond acceptors (Lipinski definition) is 14. The normalized spacial score (nSPS) is 11.6. The predicted molar refractivity (Wildman–Crippen MR) is 107 cm³/mol. The van der Waals surface area contributed by atoms with E-state index in [1.165, 1.54) is 28.4 Å². The van der Waals surface area contributed by atoms with E-state index < -0.39 is 11.2 Å². The maximum absolute atomic E-state index is 5.51. The van der Waals surface area contributed by atoms with E-state index in [0.717, 1.165) is 0 Å². The lowest BCUT2D eigenvalue weighted by atomic mass is 9.94. The molecule has 0 fully saturated rings. The number of rotatable bonds is 13. The van der Waals surface area contributed by atoms with Gasteiger partial charge in [0.25, 0.3) is 0 Å². The van der Waals surface area contributed by atoms with Crippen LogP contribution >= 0.6 is 0 Å². The molecule has 14 heteroatoms. The fourth-order valence-corrected chi connectivity index (χ4v) is 2.07. The van der Waals surface area contributed by atoms with Gasteiger partial charge in [0.15, 0.2) is 0 Å². The first-order valence-electron chi connectivity index (χ1n) is 9.49. The van der Waals surface area contributed by atoms with Gasteiger partial charge in [-0.3, -0.25) is 9.78 Å². The molecule has 0 N–H and O–H groups in total. The fourth-order valence-electron chi connectivity index (χ4n) is 2.07. The SMILES string of the molecule is COc1nc(OC)nc(OOC(C)(C)CCC(C)(C)OOc2nc(OC)nc(OC)n2)n1. The van der Waals surface area contributed by atoms with E-state index in [9.17, 15) is 0 Å². The Morgan fingerprint density at radius 2 is 0.719 bits per heavy atom. The third kappa shape index (κ3) is 7.77. The zero-order valence-electron chi connectivity index (χ0n) is 19.4. The van der Waals surface area contributed by atoms with Crippen molar-refractivity contribution in [3.05, 3.63) is 0 Å². The van der Waals surface area contributed by atoms with Crippen LogP contribution < -0.4 is 28.7 Å². The number of methoxy groups -OCH3 is 4. The maximum Gasteiger partial charge on any atom is 0.362 e. The van der Waals surface area contributed by atoms with Gasteiger partial charge in [0.05, 0.1) is 28.4 Å². The molecule has 0 atom stereocenters. The Kier molecular flexibility index (Phi) is 8.48. The largest absolute Gasteiger partial charge is 0.467 e. The maximum atomic E-state index is 5.51. The molecule has 0 aromatic carbocycles. The molecule has 0 saturated heterocycles. The van der Waals surface area contributed by atoms with Crippen LogP contribution in [0.1, 0.15) is 40.5 Å². The number of ether oxygens (including phenoxy) is 4. The molecule has 2 aromatic heterocycles. The minimum atomic E-state index is -0.729. The molecule has 2 aromatic rings. The average molecular weight is 456 g/mol. The van der Waals surface area contributed by atoms with Crippen molar-refractivity contribution in [2.75, 3.05) is 28.4 Å². The molecule has 0 aliphatic rings. The summed E-state index contributed by atoms with van der Waals surface area (Å²) in [6.07, 6.45) is 1.04. The van der Waals surface area contributed by atoms with Crippen molar-refractivity contribution in [1.29, 1.82) is 0 Å². The second-order valence-corrected chi connectivity index (χ2v) is 7.54. The average Bonchev–Trinajstić information content (AvgIpc) is 2.80. The van der Waals surface area contributed by atoms with Crippen molar-refractivity contribution >= 4 is 0 Å². The number of aromatic nitrogens is 6. The van der Waals surface area contributed by atoms with Crippen LogP contribution in [0.25, 0.3) is 0 Å². The van der Waals surface area contributed by atoms with Crippen molar-refractivity contribution in [2.24, 2.45) is 0 Å². The van der Waals surface area contributed by atoms with E-state index >= 15 is 0 Å². The van der Waals surface area contributed by atoms with Gasteiger partial charge in [0, 0.05) is 0 Å². The molecule has 0 unspecified atom stereocenters. The summed E-state index contributed by atoms with van der Waals surface area (Å²) >= 11 is 0. The molecule has 0 spiro atoms. The quantitative estimate of drug-likeness (QED) is 0.318. The van der Waals surface area contributed by atoms with Gasteiger partial charge in [-0.15, -0.1) is 29.9 Å². The van der Waals surface area contributed by atoms with Crippen LogP contribution in [-0.2, 0) is 9.78 Å². The Morgan fingerprint density at radius 1 is 0.469 bits per heavy atom. The highest BCUT2D eigenvalue weighted by Gasteiger charge is 2.29. The van der Waals surface area contributed by atoms with E-state index in [-0.39, 0.29) is 36.1 Å². The standard InChI is InChI=1S/C18H28N6O8/c1-17(2,31-29-15-21-11(25-5)19-12(22-15)26-6)9-10-18(3,4)32-30-16-23-13(27-7)20-14(24-16)28-8/h9-10H2,1-8H3. The minimum Gasteiger partial charge on any atom is -0.467 e. The molecule has 0 aliphatic heterocycles. The van der Waals surface area contributed by atoms with Crippen LogP contribution in [0.5, 0.6) is 36.1 Å². The zero-order chi connectivity index (χ0) is 23.8. The summed E-state index contributed by atoms with van der Waals surface area (Å²) in [5.41, 5.74) is -1.46. The Bertz CT molecular complexity index is 767. The van der Waals surface area contributed by atoms with Crippen LogP contribution in [0, 0.1) is 0 Å². The summed E-state index contributed by atoms with van der Waals surface area (Å²) in [6.45, 7) is 7.34. The van der Waals surface area contributed by atoms with Gasteiger partial charge in [-0.2, -0.15) is 9.78 Å². The van der Waals surface area contributed by atoms with Gasteiger partial charge in [-0.25, -0.2) is 0 Å². The number of hydrogen-bond donors (Lipinski definition) is 0. The molecular formula is C18H28N6O8. The smallest absolute Gasteiger partial charge is 0.362 e. The fraction of sp³-hybridized carbons (Fsp3) is 0.667. The Hall–Kier alpha value is -3.26. The predicted octanol–water partition coefficient (Wildman–Crippen LogP) is 1.75. The van der Waals surface area contributed by atoms with Crippen molar-refractivity contribution < 1.29 is 38.5 Å². The topological polar surface area (TPSA) is 151 Å². The zero-order valence-corrected chi connectivity index (χ0v) is 19.4. The van der Waals surface area contributed by atoms with E-state index in [0.29, 0.717) is 12.8 Å². The molecule has 14 nitrogen and oxygen atoms in total. The Balaban J connectivity index is 1.90. The van der Waals surface area contributed by atoms with Crippen molar-refractivity contribution in [1.82, 2.24) is 29.9 Å². The number of nitrogens with zero attached hydrogens (tertiary/aromatic N) is 6. The summed E-state index contributed by atoms with van der Waals surface area (Å²) in [5.74, 6) is 0. The van der Waals surface area contributed by atoms with E-state index in [4.69, 9.17) is 38.5 Å². The summed E-state index contributed by atoms with van der Waals surface area (Å²) < 4.78 is 19.9. The summed E-state index contributed by atoms with van der Waals surface area (Å²) in [7, 11) is 5.65. The minimum absolute atomic E-state index is 0.0338. The first-order valence-corrected chi connectivity index (χ1v) is 9.49. The Labute approximate surface area is 185 Å². The molecule has 2 heterocycles. The Morgan fingerprint density at radius 3 is 0.969 bits per heavy atom. The molecule has 2 rings (SSSR count). The lowest BCUT2D eigenvalue weighted by Gasteiger charge is -2.28. The molecule has 0 bridgehead atoms. The second-order valence-electron chi connectivity index (χ2n) is 7.54. The van der Waals surface area contributed by atoms with Crippen LogP contribution in [0.2, 0.25) is 0 Å². The van der Waals surface area contributed by atoms with Crippen molar-refractivity contribution in [3.8, 4) is 36.1 Å². The third-order valence-electron chi connectivity index (χ3n) is 3.89. The summed E-state index contributed by atoms with van der Waals surface area (Å²) in [4.78, 5) is 45.1. The van der Waals surface area contributed by atoms with E-state index in [2.05, 4.69) is 29.9 Å². The first-order chi connectivity index (χ1) is 15.1. The monoisotopic (exact) mass is 456 g/mol. The molecule has 32 heavy (non-hydrogen) atoms. The first kappa shape index (κ1) is 25.0.